The summed E-state index contributed by atoms with van der Waals surface area (Å²) in [5, 5.41) is 29.3. The summed E-state index contributed by atoms with van der Waals surface area (Å²) >= 11 is 0. The smallest absolute Gasteiger partial charge is 0.289 e. The number of fused-ring (bicyclic) bond motifs is 1. The molecule has 12 heteroatoms. The average molecular weight is 410 g/mol. The van der Waals surface area contributed by atoms with Crippen LogP contribution in [0.1, 0.15) is 11.8 Å². The zero-order chi connectivity index (χ0) is 20.7. The van der Waals surface area contributed by atoms with Crippen molar-refractivity contribution in [3.8, 4) is 0 Å². The number of ether oxygens (including phenoxy) is 1. The lowest BCUT2D eigenvalue weighted by Gasteiger charge is -2.15. The molecule has 4 atom stereocenters. The number of hydrogen-bond acceptors (Lipinski definition) is 8. The molecule has 2 aromatic heterocycles. The number of benzene rings is 1. The molecule has 0 spiro atoms. The Balaban J connectivity index is 1.60. The van der Waals surface area contributed by atoms with Gasteiger partial charge in [-0.1, -0.05) is 9.71 Å². The number of anilines is 1. The van der Waals surface area contributed by atoms with Crippen LogP contribution >= 0.6 is 0 Å². The van der Waals surface area contributed by atoms with Crippen LogP contribution in [0.5, 0.6) is 0 Å². The molecule has 0 aliphatic carbocycles. The molecule has 0 radical (unpaired) electrons. The largest absolute Gasteiger partial charge is 0.394 e. The molecule has 1 aromatic carbocycles. The van der Waals surface area contributed by atoms with Gasteiger partial charge in [0.15, 0.2) is 12.8 Å². The van der Waals surface area contributed by atoms with Crippen LogP contribution in [0, 0.1) is 11.6 Å². The fourth-order valence-corrected chi connectivity index (χ4v) is 3.13. The minimum atomic E-state index is -1.31. The van der Waals surface area contributed by atoms with Crippen LogP contribution in [0.25, 0.3) is 11.2 Å². The van der Waals surface area contributed by atoms with Crippen molar-refractivity contribution in [1.82, 2.24) is 14.5 Å². The van der Waals surface area contributed by atoms with Gasteiger partial charge >= 0.3 is 0 Å². The first-order valence-electron chi connectivity index (χ1n) is 8.63. The molecular weight excluding hydrogens is 392 g/mol. The average Bonchev–Trinajstić information content (AvgIpc) is 3.25. The van der Waals surface area contributed by atoms with Gasteiger partial charge in [0.1, 0.15) is 36.3 Å². The third kappa shape index (κ3) is 3.35. The predicted molar refractivity (Wildman–Crippen MR) is 91.8 cm³/mol. The topological polar surface area (TPSA) is 140 Å². The van der Waals surface area contributed by atoms with Crippen molar-refractivity contribution in [3.63, 3.8) is 0 Å². The normalized spacial score (nSPS) is 24.3. The van der Waals surface area contributed by atoms with Crippen LogP contribution in [-0.2, 0) is 11.3 Å². The quantitative estimate of drug-likeness (QED) is 0.386. The first-order chi connectivity index (χ1) is 13.9. The van der Waals surface area contributed by atoms with Crippen molar-refractivity contribution in [2.45, 2.75) is 31.1 Å². The Morgan fingerprint density at radius 3 is 2.76 bits per heavy atom. The van der Waals surface area contributed by atoms with Gasteiger partial charge in [-0.25, -0.2) is 13.8 Å². The van der Waals surface area contributed by atoms with Gasteiger partial charge in [0.2, 0.25) is 11.2 Å². The molecule has 3 aromatic rings. The van der Waals surface area contributed by atoms with Crippen molar-refractivity contribution in [1.29, 1.82) is 0 Å². The molecular formula is C17H18F2N5O5+. The van der Waals surface area contributed by atoms with Gasteiger partial charge in [0.25, 0.3) is 12.1 Å². The fourth-order valence-electron chi connectivity index (χ4n) is 3.13. The van der Waals surface area contributed by atoms with E-state index in [4.69, 9.17) is 15.3 Å². The number of nitrogens with two attached hydrogens (primary N) is 1. The van der Waals surface area contributed by atoms with Crippen molar-refractivity contribution >= 4 is 17.0 Å². The fraction of sp³-hybridized carbons (Fsp3) is 0.353. The second-order valence-electron chi connectivity index (χ2n) is 6.52. The summed E-state index contributed by atoms with van der Waals surface area (Å²) in [4.78, 5) is 13.7. The maximum Gasteiger partial charge on any atom is 0.289 e. The highest BCUT2D eigenvalue weighted by Crippen LogP contribution is 2.31. The van der Waals surface area contributed by atoms with E-state index in [0.29, 0.717) is 0 Å². The molecule has 29 heavy (non-hydrogen) atoms. The standard InChI is InChI=1S/C17H17F2N5O5/c18-9-1-2-10(19)8(3-9)5-28-24-7-22-16-12(15(24)20)21-6-23(16)17-14(27)13(26)11(4-25)29-17/h1-3,6-7,11,13-14,17,20,25-27H,4-5H2/p+1/t11-,13-,14-,17-/m1/s1. The molecule has 1 aliphatic rings. The molecule has 0 unspecified atom stereocenters. The van der Waals surface area contributed by atoms with Crippen LogP contribution < -0.4 is 15.3 Å². The number of imidazole rings is 1. The van der Waals surface area contributed by atoms with Crippen molar-refractivity contribution < 1.29 is 38.4 Å². The maximum atomic E-state index is 13.7. The van der Waals surface area contributed by atoms with Crippen molar-refractivity contribution in [2.24, 2.45) is 0 Å². The Bertz CT molecular complexity index is 1050. The van der Waals surface area contributed by atoms with Crippen LogP contribution in [-0.4, -0.2) is 54.8 Å². The van der Waals surface area contributed by atoms with Crippen LogP contribution in [0.15, 0.2) is 30.9 Å². The van der Waals surface area contributed by atoms with E-state index in [1.807, 2.05) is 0 Å². The number of aliphatic hydroxyl groups is 3. The molecule has 0 saturated carbocycles. The Morgan fingerprint density at radius 2 is 2.03 bits per heavy atom. The van der Waals surface area contributed by atoms with Gasteiger partial charge in [-0.3, -0.25) is 4.57 Å². The Morgan fingerprint density at radius 1 is 1.24 bits per heavy atom. The summed E-state index contributed by atoms with van der Waals surface area (Å²) in [7, 11) is 0. The van der Waals surface area contributed by atoms with E-state index in [-0.39, 0.29) is 29.2 Å². The van der Waals surface area contributed by atoms with E-state index in [2.05, 4.69) is 9.97 Å². The first-order valence-corrected chi connectivity index (χ1v) is 8.63. The molecule has 1 saturated heterocycles. The minimum absolute atomic E-state index is 0.00552. The number of nitrogens with zero attached hydrogens (tertiary/aromatic N) is 4. The summed E-state index contributed by atoms with van der Waals surface area (Å²) in [5.41, 5.74) is 6.46. The SMILES string of the molecule is Nc1c2ncn([C@@H]3O[C@H](CO)[C@@H](O)[C@H]3O)c2nc[n+]1OCc1cc(F)ccc1F. The Kier molecular flexibility index (Phi) is 5.00. The van der Waals surface area contributed by atoms with Gasteiger partial charge in [0.05, 0.1) is 6.61 Å². The summed E-state index contributed by atoms with van der Waals surface area (Å²) < 4.78 is 34.9. The summed E-state index contributed by atoms with van der Waals surface area (Å²) in [6.45, 7) is -0.775. The van der Waals surface area contributed by atoms with E-state index in [0.717, 1.165) is 22.9 Å². The van der Waals surface area contributed by atoms with Gasteiger partial charge < -0.3 is 30.6 Å². The monoisotopic (exact) mass is 410 g/mol. The molecule has 10 nitrogen and oxygen atoms in total. The highest BCUT2D eigenvalue weighted by Gasteiger charge is 2.44. The second-order valence-corrected chi connectivity index (χ2v) is 6.52. The number of aliphatic hydroxyl groups excluding tert-OH is 3. The highest BCUT2D eigenvalue weighted by atomic mass is 19.1. The third-order valence-corrected chi connectivity index (χ3v) is 4.69. The van der Waals surface area contributed by atoms with Gasteiger partial charge in [-0.15, -0.1) is 0 Å². The molecule has 1 aliphatic heterocycles. The van der Waals surface area contributed by atoms with E-state index >= 15 is 0 Å². The molecule has 1 fully saturated rings. The summed E-state index contributed by atoms with van der Waals surface area (Å²) in [5.74, 6) is -1.21. The zero-order valence-electron chi connectivity index (χ0n) is 14.9. The lowest BCUT2D eigenvalue weighted by molar-refractivity contribution is -0.885. The highest BCUT2D eigenvalue weighted by molar-refractivity contribution is 5.79. The molecule has 5 N–H and O–H groups in total. The van der Waals surface area contributed by atoms with E-state index in [1.54, 1.807) is 0 Å². The molecule has 0 amide bonds. The van der Waals surface area contributed by atoms with E-state index in [9.17, 15) is 24.1 Å². The van der Waals surface area contributed by atoms with Crippen LogP contribution in [0.4, 0.5) is 14.6 Å². The van der Waals surface area contributed by atoms with Crippen LogP contribution in [0.3, 0.4) is 0 Å². The minimum Gasteiger partial charge on any atom is -0.394 e. The van der Waals surface area contributed by atoms with Crippen molar-refractivity contribution in [3.05, 3.63) is 48.1 Å². The molecule has 154 valence electrons. The lowest BCUT2D eigenvalue weighted by Crippen LogP contribution is -2.45. The summed E-state index contributed by atoms with van der Waals surface area (Å²) in [6.07, 6.45) is -2.07. The van der Waals surface area contributed by atoms with Crippen LogP contribution in [0.2, 0.25) is 0 Å². The molecule has 0 bridgehead atoms. The maximum absolute atomic E-state index is 13.7. The first kappa shape index (κ1) is 19.4. The molecule has 4 rings (SSSR count). The number of rotatable bonds is 5. The number of nitrogen functional groups attached to an aromatic ring is 1. The van der Waals surface area contributed by atoms with E-state index < -0.39 is 42.8 Å². The lowest BCUT2D eigenvalue weighted by atomic mass is 10.1. The Hall–Kier alpha value is -2.93. The number of hydrogen-bond donors (Lipinski definition) is 4. The van der Waals surface area contributed by atoms with Gasteiger partial charge in [0, 0.05) is 5.56 Å². The van der Waals surface area contributed by atoms with Crippen molar-refractivity contribution in [2.75, 3.05) is 12.3 Å². The number of aromatic nitrogens is 4. The van der Waals surface area contributed by atoms with Gasteiger partial charge in [-0.05, 0) is 18.2 Å². The van der Waals surface area contributed by atoms with Gasteiger partial charge in [-0.2, -0.15) is 0 Å². The Labute approximate surface area is 162 Å². The summed E-state index contributed by atoms with van der Waals surface area (Å²) in [6, 6.07) is 3.00. The predicted octanol–water partition coefficient (Wildman–Crippen LogP) is -1.18. The number of halogens is 2. The second kappa shape index (κ2) is 7.48. The van der Waals surface area contributed by atoms with E-state index in [1.165, 1.54) is 17.2 Å². The zero-order valence-corrected chi connectivity index (χ0v) is 14.9. The third-order valence-electron chi connectivity index (χ3n) is 4.69. The molecule has 3 heterocycles.